The molecule has 1 heterocycles. The van der Waals surface area contributed by atoms with Gasteiger partial charge in [0.25, 0.3) is 0 Å². The molecule has 0 saturated carbocycles. The molecule has 1 amide bonds. The van der Waals surface area contributed by atoms with Gasteiger partial charge in [-0.25, -0.2) is 0 Å². The second kappa shape index (κ2) is 8.61. The molecule has 2 aromatic rings. The normalized spacial score (nSPS) is 11.2. The van der Waals surface area contributed by atoms with Crippen molar-refractivity contribution in [2.45, 2.75) is 20.3 Å². The quantitative estimate of drug-likeness (QED) is 0.347. The first-order valence-electron chi connectivity index (χ1n) is 7.29. The molecule has 24 heavy (non-hydrogen) atoms. The number of benzene rings is 1. The Bertz CT molecular complexity index is 771. The minimum Gasteiger partial charge on any atom is -0.391 e. The highest BCUT2D eigenvalue weighted by molar-refractivity contribution is 7.11. The highest BCUT2D eigenvalue weighted by Crippen LogP contribution is 2.29. The summed E-state index contributed by atoms with van der Waals surface area (Å²) in [5, 5.41) is 7.86. The van der Waals surface area contributed by atoms with Crippen molar-refractivity contribution >= 4 is 39.8 Å². The smallest absolute Gasteiger partial charge is 0.229 e. The lowest BCUT2D eigenvalue weighted by atomic mass is 10.1. The van der Waals surface area contributed by atoms with E-state index in [0.29, 0.717) is 22.3 Å². The van der Waals surface area contributed by atoms with Crippen LogP contribution >= 0.6 is 23.1 Å². The lowest BCUT2D eigenvalue weighted by Crippen LogP contribution is -2.14. The van der Waals surface area contributed by atoms with Gasteiger partial charge < -0.3 is 10.2 Å². The van der Waals surface area contributed by atoms with E-state index in [1.54, 1.807) is 13.0 Å². The first kappa shape index (κ1) is 18.2. The van der Waals surface area contributed by atoms with Crippen molar-refractivity contribution in [1.29, 1.82) is 0 Å². The van der Waals surface area contributed by atoms with Crippen LogP contribution in [-0.4, -0.2) is 22.6 Å². The van der Waals surface area contributed by atoms with Gasteiger partial charge in [-0.1, -0.05) is 47.6 Å². The summed E-state index contributed by atoms with van der Waals surface area (Å²) in [6.07, 6.45) is 1.87. The molecule has 1 aromatic heterocycles. The van der Waals surface area contributed by atoms with E-state index in [1.807, 2.05) is 31.2 Å². The summed E-state index contributed by atoms with van der Waals surface area (Å²) in [6.45, 7) is 7.57. The number of amides is 1. The molecule has 0 radical (unpaired) electrons. The molecule has 2 rings (SSSR count). The predicted octanol–water partition coefficient (Wildman–Crippen LogP) is 4.21. The van der Waals surface area contributed by atoms with E-state index >= 15 is 0 Å². The third-order valence-corrected chi connectivity index (χ3v) is 4.58. The Kier molecular flexibility index (Phi) is 6.52. The largest absolute Gasteiger partial charge is 0.391 e. The number of aryl methyl sites for hydroxylation is 1. The van der Waals surface area contributed by atoms with Crippen molar-refractivity contribution in [1.82, 2.24) is 4.37 Å². The van der Waals surface area contributed by atoms with Crippen molar-refractivity contribution in [3.8, 4) is 0 Å². The first-order chi connectivity index (χ1) is 11.5. The fourth-order valence-corrected chi connectivity index (χ4v) is 2.89. The van der Waals surface area contributed by atoms with Crippen LogP contribution in [0.5, 0.6) is 0 Å². The predicted molar refractivity (Wildman–Crippen MR) is 99.0 cm³/mol. The van der Waals surface area contributed by atoms with Crippen molar-refractivity contribution in [2.24, 2.45) is 5.16 Å². The average Bonchev–Trinajstić information content (AvgIpc) is 2.87. The van der Waals surface area contributed by atoms with Crippen LogP contribution in [0.25, 0.3) is 0 Å². The van der Waals surface area contributed by atoms with E-state index in [-0.39, 0.29) is 12.3 Å². The maximum absolute atomic E-state index is 12.2. The van der Waals surface area contributed by atoms with Gasteiger partial charge in [-0.05, 0) is 42.6 Å². The molecule has 0 unspecified atom stereocenters. The Morgan fingerprint density at radius 1 is 1.54 bits per heavy atom. The molecular weight excluding hydrogens is 346 g/mol. The summed E-state index contributed by atoms with van der Waals surface area (Å²) in [6, 6.07) is 7.60. The lowest BCUT2D eigenvalue weighted by molar-refractivity contribution is -0.115. The van der Waals surface area contributed by atoms with Gasteiger partial charge in [-0.15, -0.1) is 0 Å². The molecule has 5 nitrogen and oxygen atoms in total. The SMILES string of the molecule is C=CCO/N=C(\C)c1cccc(CC(=O)Nc2snc(C)c2Cl)c1. The number of anilines is 1. The molecule has 0 saturated heterocycles. The Labute approximate surface area is 150 Å². The molecule has 7 heteroatoms. The van der Waals surface area contributed by atoms with E-state index in [4.69, 9.17) is 16.4 Å². The van der Waals surface area contributed by atoms with E-state index in [2.05, 4.69) is 21.4 Å². The number of halogens is 1. The molecule has 0 aliphatic carbocycles. The zero-order chi connectivity index (χ0) is 17.5. The molecule has 0 spiro atoms. The standard InChI is InChI=1S/C17H18ClN3O2S/c1-4-8-23-20-11(2)14-7-5-6-13(9-14)10-15(22)19-17-16(18)12(3)21-24-17/h4-7,9H,1,8,10H2,2-3H3,(H,19,22)/b20-11+. The minimum atomic E-state index is -0.143. The van der Waals surface area contributed by atoms with Crippen LogP contribution in [-0.2, 0) is 16.1 Å². The van der Waals surface area contributed by atoms with Gasteiger partial charge in [-0.3, -0.25) is 4.79 Å². The molecule has 0 fully saturated rings. The molecular formula is C17H18ClN3O2S. The Balaban J connectivity index is 2.03. The van der Waals surface area contributed by atoms with Crippen molar-refractivity contribution in [2.75, 3.05) is 11.9 Å². The number of oxime groups is 1. The highest BCUT2D eigenvalue weighted by Gasteiger charge is 2.12. The fraction of sp³-hybridized carbons (Fsp3) is 0.235. The number of nitrogens with one attached hydrogen (secondary N) is 1. The van der Waals surface area contributed by atoms with Crippen LogP contribution in [0.1, 0.15) is 23.7 Å². The Hall–Kier alpha value is -2.18. The van der Waals surface area contributed by atoms with Gasteiger partial charge in [0.15, 0.2) is 0 Å². The Morgan fingerprint density at radius 2 is 2.33 bits per heavy atom. The van der Waals surface area contributed by atoms with E-state index in [9.17, 15) is 4.79 Å². The number of hydrogen-bond donors (Lipinski definition) is 1. The van der Waals surface area contributed by atoms with Crippen LogP contribution in [0.3, 0.4) is 0 Å². The molecule has 1 N–H and O–H groups in total. The van der Waals surface area contributed by atoms with Crippen LogP contribution in [0, 0.1) is 6.92 Å². The summed E-state index contributed by atoms with van der Waals surface area (Å²) in [4.78, 5) is 17.3. The third-order valence-electron chi connectivity index (χ3n) is 3.15. The average molecular weight is 364 g/mol. The number of nitrogens with zero attached hydrogens (tertiary/aromatic N) is 2. The summed E-state index contributed by atoms with van der Waals surface area (Å²) in [5.41, 5.74) is 3.22. The Morgan fingerprint density at radius 3 is 3.00 bits per heavy atom. The molecule has 0 atom stereocenters. The first-order valence-corrected chi connectivity index (χ1v) is 8.44. The maximum atomic E-state index is 12.2. The van der Waals surface area contributed by atoms with Crippen molar-refractivity contribution in [3.05, 3.63) is 58.8 Å². The summed E-state index contributed by atoms with van der Waals surface area (Å²) >= 11 is 7.26. The highest BCUT2D eigenvalue weighted by atomic mass is 35.5. The monoisotopic (exact) mass is 363 g/mol. The van der Waals surface area contributed by atoms with Crippen molar-refractivity contribution in [3.63, 3.8) is 0 Å². The number of rotatable bonds is 7. The molecule has 0 bridgehead atoms. The van der Waals surface area contributed by atoms with Gasteiger partial charge >= 0.3 is 0 Å². The van der Waals surface area contributed by atoms with E-state index < -0.39 is 0 Å². The number of carbonyl (C=O) groups excluding carboxylic acids is 1. The van der Waals surface area contributed by atoms with Crippen LogP contribution in [0.4, 0.5) is 5.00 Å². The van der Waals surface area contributed by atoms with Gasteiger partial charge in [0.05, 0.1) is 22.8 Å². The molecule has 1 aromatic carbocycles. The molecule has 0 aliphatic heterocycles. The lowest BCUT2D eigenvalue weighted by Gasteiger charge is -2.06. The van der Waals surface area contributed by atoms with E-state index in [0.717, 1.165) is 16.8 Å². The summed E-state index contributed by atoms with van der Waals surface area (Å²) < 4.78 is 4.11. The third kappa shape index (κ3) is 4.91. The number of aromatic nitrogens is 1. The maximum Gasteiger partial charge on any atom is 0.229 e. The van der Waals surface area contributed by atoms with Crippen LogP contribution in [0.15, 0.2) is 42.1 Å². The summed E-state index contributed by atoms with van der Waals surface area (Å²) in [5.74, 6) is -0.143. The van der Waals surface area contributed by atoms with Crippen LogP contribution in [0.2, 0.25) is 5.02 Å². The van der Waals surface area contributed by atoms with Crippen LogP contribution < -0.4 is 5.32 Å². The summed E-state index contributed by atoms with van der Waals surface area (Å²) in [7, 11) is 0. The van der Waals surface area contributed by atoms with E-state index in [1.165, 1.54) is 11.5 Å². The number of hydrogen-bond acceptors (Lipinski definition) is 5. The van der Waals surface area contributed by atoms with Gasteiger partial charge in [0.1, 0.15) is 11.6 Å². The molecule has 0 aliphatic rings. The molecule has 126 valence electrons. The van der Waals surface area contributed by atoms with Crippen molar-refractivity contribution < 1.29 is 9.63 Å². The second-order valence-electron chi connectivity index (χ2n) is 5.10. The van der Waals surface area contributed by atoms with Gasteiger partial charge in [0, 0.05) is 0 Å². The zero-order valence-electron chi connectivity index (χ0n) is 13.5. The minimum absolute atomic E-state index is 0.143. The second-order valence-corrected chi connectivity index (χ2v) is 6.25. The van der Waals surface area contributed by atoms with Gasteiger partial charge in [-0.2, -0.15) is 4.37 Å². The topological polar surface area (TPSA) is 63.6 Å². The number of carbonyl (C=O) groups is 1. The zero-order valence-corrected chi connectivity index (χ0v) is 15.1. The van der Waals surface area contributed by atoms with Gasteiger partial charge in [0.2, 0.25) is 5.91 Å². The fourth-order valence-electron chi connectivity index (χ4n) is 1.94.